The van der Waals surface area contributed by atoms with Crippen LogP contribution >= 0.6 is 0 Å². The zero-order chi connectivity index (χ0) is 14.4. The van der Waals surface area contributed by atoms with Gasteiger partial charge in [0.15, 0.2) is 17.2 Å². The van der Waals surface area contributed by atoms with Crippen LogP contribution in [0.15, 0.2) is 18.2 Å². The number of aromatic nitrogens is 2. The number of nitrogens with zero attached hydrogens (tertiary/aromatic N) is 1. The van der Waals surface area contributed by atoms with Gasteiger partial charge in [-0.25, -0.2) is 0 Å². The third-order valence-corrected chi connectivity index (χ3v) is 3.66. The van der Waals surface area contributed by atoms with Crippen LogP contribution in [0.4, 0.5) is 11.4 Å². The number of carbonyl (C=O) groups excluding carboxylic acids is 1. The molecule has 2 aromatic rings. The molecule has 0 spiro atoms. The quantitative estimate of drug-likeness (QED) is 0.799. The summed E-state index contributed by atoms with van der Waals surface area (Å²) in [6.07, 6.45) is 2.19. The normalized spacial score (nSPS) is 16.0. The molecule has 1 saturated carbocycles. The number of H-pyrrole nitrogens is 1. The zero-order valence-corrected chi connectivity index (χ0v) is 11.2. The third-order valence-electron chi connectivity index (χ3n) is 3.66. The smallest absolute Gasteiger partial charge is 0.278 e. The summed E-state index contributed by atoms with van der Waals surface area (Å²) in [4.78, 5) is 12.2. The summed E-state index contributed by atoms with van der Waals surface area (Å²) < 4.78 is 10.5. The Morgan fingerprint density at radius 1 is 1.33 bits per heavy atom. The number of hydrogen-bond donors (Lipinski definition) is 3. The number of rotatable bonds is 3. The monoisotopic (exact) mass is 286 g/mol. The van der Waals surface area contributed by atoms with Crippen molar-refractivity contribution >= 4 is 17.3 Å². The molecule has 0 atom stereocenters. The van der Waals surface area contributed by atoms with E-state index < -0.39 is 0 Å². The number of carbonyl (C=O) groups is 1. The van der Waals surface area contributed by atoms with Crippen LogP contribution in [0.1, 0.15) is 34.9 Å². The van der Waals surface area contributed by atoms with Gasteiger partial charge in [-0.3, -0.25) is 9.89 Å². The maximum atomic E-state index is 12.2. The molecule has 2 heterocycles. The predicted octanol–water partition coefficient (Wildman–Crippen LogP) is 1.85. The molecule has 21 heavy (non-hydrogen) atoms. The van der Waals surface area contributed by atoms with E-state index in [9.17, 15) is 4.79 Å². The predicted molar refractivity (Wildman–Crippen MR) is 75.5 cm³/mol. The van der Waals surface area contributed by atoms with E-state index in [2.05, 4.69) is 15.5 Å². The molecule has 1 amide bonds. The van der Waals surface area contributed by atoms with Crippen LogP contribution in [0.25, 0.3) is 0 Å². The Morgan fingerprint density at radius 2 is 2.14 bits per heavy atom. The van der Waals surface area contributed by atoms with Crippen LogP contribution in [0.2, 0.25) is 0 Å². The first kappa shape index (κ1) is 12.1. The van der Waals surface area contributed by atoms with Gasteiger partial charge < -0.3 is 20.5 Å². The molecule has 7 nitrogen and oxygen atoms in total. The van der Waals surface area contributed by atoms with Crippen LogP contribution in [0, 0.1) is 0 Å². The van der Waals surface area contributed by atoms with Gasteiger partial charge in [-0.15, -0.1) is 0 Å². The van der Waals surface area contributed by atoms with Gasteiger partial charge in [0.2, 0.25) is 6.79 Å². The van der Waals surface area contributed by atoms with E-state index in [4.69, 9.17) is 15.2 Å². The highest BCUT2D eigenvalue weighted by atomic mass is 16.7. The fourth-order valence-electron chi connectivity index (χ4n) is 2.39. The van der Waals surface area contributed by atoms with Crippen molar-refractivity contribution in [3.05, 3.63) is 29.6 Å². The van der Waals surface area contributed by atoms with Gasteiger partial charge in [-0.2, -0.15) is 5.10 Å². The number of aromatic amines is 1. The SMILES string of the molecule is Nc1c(C(=O)Nc2ccc3c(c2)OCO3)n[nH]c1C1CC1. The van der Waals surface area contributed by atoms with Crippen molar-refractivity contribution in [3.8, 4) is 11.5 Å². The summed E-state index contributed by atoms with van der Waals surface area (Å²) in [7, 11) is 0. The van der Waals surface area contributed by atoms with Crippen LogP contribution in [-0.4, -0.2) is 22.9 Å². The van der Waals surface area contributed by atoms with Gasteiger partial charge in [0, 0.05) is 17.7 Å². The Morgan fingerprint density at radius 3 is 2.95 bits per heavy atom. The lowest BCUT2D eigenvalue weighted by molar-refractivity contribution is 0.102. The van der Waals surface area contributed by atoms with Crippen LogP contribution in [0.3, 0.4) is 0 Å². The molecule has 1 aliphatic carbocycles. The highest BCUT2D eigenvalue weighted by Crippen LogP contribution is 2.42. The van der Waals surface area contributed by atoms with Crippen molar-refractivity contribution in [2.45, 2.75) is 18.8 Å². The number of amides is 1. The highest BCUT2D eigenvalue weighted by Gasteiger charge is 2.30. The van der Waals surface area contributed by atoms with Gasteiger partial charge in [-0.1, -0.05) is 0 Å². The average Bonchev–Trinajstić information content (AvgIpc) is 3.07. The van der Waals surface area contributed by atoms with E-state index in [1.807, 2.05) is 0 Å². The second kappa shape index (κ2) is 4.41. The van der Waals surface area contributed by atoms with E-state index in [0.29, 0.717) is 28.8 Å². The number of ether oxygens (including phenoxy) is 2. The topological polar surface area (TPSA) is 102 Å². The van der Waals surface area contributed by atoms with E-state index >= 15 is 0 Å². The largest absolute Gasteiger partial charge is 0.454 e. The van der Waals surface area contributed by atoms with Gasteiger partial charge >= 0.3 is 0 Å². The molecule has 1 fully saturated rings. The molecule has 4 N–H and O–H groups in total. The molecule has 2 aliphatic rings. The Bertz CT molecular complexity index is 721. The average molecular weight is 286 g/mol. The summed E-state index contributed by atoms with van der Waals surface area (Å²) >= 11 is 0. The number of nitrogens with two attached hydrogens (primary N) is 1. The standard InChI is InChI=1S/C14H14N4O3/c15-11-12(7-1-2-7)17-18-13(11)14(19)16-8-3-4-9-10(5-8)21-6-20-9/h3-5,7H,1-2,6,15H2,(H,16,19)(H,17,18). The highest BCUT2D eigenvalue weighted by molar-refractivity contribution is 6.06. The molecule has 1 aromatic carbocycles. The minimum absolute atomic E-state index is 0.198. The van der Waals surface area contributed by atoms with Gasteiger partial charge in [0.1, 0.15) is 0 Å². The zero-order valence-electron chi connectivity index (χ0n) is 11.2. The number of nitrogen functional groups attached to an aromatic ring is 1. The Hall–Kier alpha value is -2.70. The fourth-order valence-corrected chi connectivity index (χ4v) is 2.39. The third kappa shape index (κ3) is 2.06. The first-order valence-corrected chi connectivity index (χ1v) is 6.77. The molecule has 108 valence electrons. The molecule has 0 radical (unpaired) electrons. The molecule has 0 saturated heterocycles. The molecule has 1 aromatic heterocycles. The number of fused-ring (bicyclic) bond motifs is 1. The van der Waals surface area contributed by atoms with Crippen LogP contribution < -0.4 is 20.5 Å². The lowest BCUT2D eigenvalue weighted by Gasteiger charge is -2.05. The van der Waals surface area contributed by atoms with Crippen molar-refractivity contribution in [1.82, 2.24) is 10.2 Å². The number of hydrogen-bond acceptors (Lipinski definition) is 5. The Balaban J connectivity index is 1.55. The minimum atomic E-state index is -0.338. The second-order valence-electron chi connectivity index (χ2n) is 5.20. The van der Waals surface area contributed by atoms with E-state index in [1.54, 1.807) is 18.2 Å². The summed E-state index contributed by atoms with van der Waals surface area (Å²) in [5.41, 5.74) is 8.14. The number of benzene rings is 1. The second-order valence-corrected chi connectivity index (χ2v) is 5.20. The number of nitrogens with one attached hydrogen (secondary N) is 2. The Kier molecular flexibility index (Phi) is 2.53. The minimum Gasteiger partial charge on any atom is -0.454 e. The lowest BCUT2D eigenvalue weighted by Crippen LogP contribution is -2.14. The Labute approximate surface area is 120 Å². The van der Waals surface area contributed by atoms with Crippen LogP contribution in [0.5, 0.6) is 11.5 Å². The molecule has 1 aliphatic heterocycles. The first-order valence-electron chi connectivity index (χ1n) is 6.77. The van der Waals surface area contributed by atoms with Crippen LogP contribution in [-0.2, 0) is 0 Å². The summed E-state index contributed by atoms with van der Waals surface area (Å²) in [6, 6.07) is 5.21. The summed E-state index contributed by atoms with van der Waals surface area (Å²) in [5, 5.41) is 9.66. The molecule has 0 bridgehead atoms. The maximum Gasteiger partial charge on any atom is 0.278 e. The number of anilines is 2. The van der Waals surface area contributed by atoms with Crippen molar-refractivity contribution in [3.63, 3.8) is 0 Å². The van der Waals surface area contributed by atoms with E-state index in [1.165, 1.54) is 0 Å². The molecule has 0 unspecified atom stereocenters. The molecular weight excluding hydrogens is 272 g/mol. The van der Waals surface area contributed by atoms with Crippen molar-refractivity contribution in [2.75, 3.05) is 17.8 Å². The van der Waals surface area contributed by atoms with Gasteiger partial charge in [0.05, 0.1) is 11.4 Å². The van der Waals surface area contributed by atoms with Crippen molar-refractivity contribution < 1.29 is 14.3 Å². The molecule has 4 rings (SSSR count). The summed E-state index contributed by atoms with van der Waals surface area (Å²) in [6.45, 7) is 0.198. The van der Waals surface area contributed by atoms with Crippen molar-refractivity contribution in [2.24, 2.45) is 0 Å². The van der Waals surface area contributed by atoms with Gasteiger partial charge in [-0.05, 0) is 25.0 Å². The molecular formula is C14H14N4O3. The lowest BCUT2D eigenvalue weighted by atomic mass is 10.2. The maximum absolute atomic E-state index is 12.2. The fraction of sp³-hybridized carbons (Fsp3) is 0.286. The van der Waals surface area contributed by atoms with Gasteiger partial charge in [0.25, 0.3) is 5.91 Å². The molecule has 7 heteroatoms. The summed E-state index contributed by atoms with van der Waals surface area (Å²) in [5.74, 6) is 1.36. The van der Waals surface area contributed by atoms with Crippen molar-refractivity contribution in [1.29, 1.82) is 0 Å². The first-order chi connectivity index (χ1) is 10.2. The van der Waals surface area contributed by atoms with E-state index in [-0.39, 0.29) is 18.4 Å². The van der Waals surface area contributed by atoms with E-state index in [0.717, 1.165) is 18.5 Å².